The number of halogens is 2. The first-order valence-electron chi connectivity index (χ1n) is 7.13. The van der Waals surface area contributed by atoms with Crippen LogP contribution in [0.15, 0.2) is 33.7 Å². The molecule has 4 nitrogen and oxygen atoms in total. The smallest absolute Gasteiger partial charge is 0.256 e. The number of amidine groups is 1. The molecule has 23 heavy (non-hydrogen) atoms. The summed E-state index contributed by atoms with van der Waals surface area (Å²) in [6.07, 6.45) is 0.723. The van der Waals surface area contributed by atoms with E-state index in [9.17, 15) is 4.39 Å². The Balaban J connectivity index is 2.08. The maximum absolute atomic E-state index is 14.4. The van der Waals surface area contributed by atoms with Gasteiger partial charge < -0.3 is 10.5 Å². The van der Waals surface area contributed by atoms with Crippen LogP contribution in [0.25, 0.3) is 0 Å². The summed E-state index contributed by atoms with van der Waals surface area (Å²) in [5, 5.41) is 0.505. The molecule has 1 atom stereocenters. The van der Waals surface area contributed by atoms with Gasteiger partial charge in [-0.2, -0.15) is 4.39 Å². The number of ether oxygens (including phenoxy) is 1. The molecule has 2 aromatic rings. The molecule has 4 rings (SSSR count). The molecule has 0 bridgehead atoms. The first-order chi connectivity index (χ1) is 11.0. The summed E-state index contributed by atoms with van der Waals surface area (Å²) in [5.74, 6) is 0.937. The summed E-state index contributed by atoms with van der Waals surface area (Å²) < 4.78 is 21.1. The molecular weight excluding hydrogens is 381 g/mol. The van der Waals surface area contributed by atoms with Crippen LogP contribution in [-0.4, -0.2) is 15.9 Å². The zero-order valence-electron chi connectivity index (χ0n) is 12.3. The van der Waals surface area contributed by atoms with Gasteiger partial charge in [-0.3, -0.25) is 0 Å². The van der Waals surface area contributed by atoms with Crippen molar-refractivity contribution in [3.8, 4) is 11.5 Å². The molecule has 2 N–H and O–H groups in total. The van der Waals surface area contributed by atoms with Crippen molar-refractivity contribution in [2.75, 3.05) is 5.75 Å². The Morgan fingerprint density at radius 1 is 1.35 bits per heavy atom. The molecule has 0 fully saturated rings. The Kier molecular flexibility index (Phi) is 3.39. The lowest BCUT2D eigenvalue weighted by Crippen LogP contribution is -2.36. The van der Waals surface area contributed by atoms with E-state index in [0.717, 1.165) is 22.2 Å². The number of hydrogen-bond donors (Lipinski definition) is 1. The fourth-order valence-corrected chi connectivity index (χ4v) is 4.35. The first kappa shape index (κ1) is 15.0. The molecule has 7 heteroatoms. The molecule has 0 amide bonds. The van der Waals surface area contributed by atoms with E-state index in [1.807, 2.05) is 24.3 Å². The molecule has 3 heterocycles. The number of aromatic nitrogens is 1. The largest absolute Gasteiger partial charge is 0.452 e. The predicted molar refractivity (Wildman–Crippen MR) is 92.6 cm³/mol. The summed E-state index contributed by atoms with van der Waals surface area (Å²) in [5.41, 5.74) is 7.47. The lowest BCUT2D eigenvalue weighted by atomic mass is 9.78. The minimum atomic E-state index is -0.726. The van der Waals surface area contributed by atoms with Crippen LogP contribution < -0.4 is 10.5 Å². The Bertz CT molecular complexity index is 857. The fourth-order valence-electron chi connectivity index (χ4n) is 3.17. The quantitative estimate of drug-likeness (QED) is 0.684. The third-order valence-corrected chi connectivity index (χ3v) is 5.41. The highest BCUT2D eigenvalue weighted by Gasteiger charge is 2.45. The molecular formula is C16H13BrFN3OS. The van der Waals surface area contributed by atoms with E-state index in [1.165, 1.54) is 11.8 Å². The number of aliphatic imine (C=N–C) groups is 1. The van der Waals surface area contributed by atoms with Gasteiger partial charge in [0.1, 0.15) is 11.3 Å². The number of fused-ring (bicyclic) bond motifs is 4. The average Bonchev–Trinajstić information content (AvgIpc) is 2.50. The molecule has 1 spiro atoms. The maximum atomic E-state index is 14.4. The Labute approximate surface area is 145 Å². The lowest BCUT2D eigenvalue weighted by Gasteiger charge is -2.39. The third kappa shape index (κ3) is 2.25. The number of nitrogens with zero attached hydrogens (tertiary/aromatic N) is 2. The van der Waals surface area contributed by atoms with Gasteiger partial charge >= 0.3 is 0 Å². The number of rotatable bonds is 0. The molecule has 1 aromatic carbocycles. The zero-order chi connectivity index (χ0) is 16.2. The predicted octanol–water partition coefficient (Wildman–Crippen LogP) is 4.09. The topological polar surface area (TPSA) is 60.5 Å². The van der Waals surface area contributed by atoms with Gasteiger partial charge in [0, 0.05) is 27.0 Å². The zero-order valence-corrected chi connectivity index (χ0v) is 14.7. The van der Waals surface area contributed by atoms with Gasteiger partial charge in [-0.25, -0.2) is 9.98 Å². The van der Waals surface area contributed by atoms with E-state index in [1.54, 1.807) is 6.92 Å². The molecule has 0 saturated heterocycles. The minimum Gasteiger partial charge on any atom is -0.452 e. The summed E-state index contributed by atoms with van der Waals surface area (Å²) in [6, 6.07) is 7.49. The summed E-state index contributed by atoms with van der Waals surface area (Å²) in [7, 11) is 0. The van der Waals surface area contributed by atoms with E-state index in [4.69, 9.17) is 15.5 Å². The lowest BCUT2D eigenvalue weighted by molar-refractivity contribution is 0.361. The van der Waals surface area contributed by atoms with Gasteiger partial charge in [-0.1, -0.05) is 27.7 Å². The SMILES string of the molecule is Cc1cc2c(c(F)n1)Oc1ccc(Br)cc1[C@@]21CCSC(N)=N1. The van der Waals surface area contributed by atoms with Crippen LogP contribution >= 0.6 is 27.7 Å². The number of thioether (sulfide) groups is 1. The second kappa shape index (κ2) is 5.21. The normalized spacial score (nSPS) is 22.1. The molecule has 2 aliphatic rings. The second-order valence-electron chi connectivity index (χ2n) is 5.58. The molecule has 118 valence electrons. The van der Waals surface area contributed by atoms with Crippen LogP contribution in [0, 0.1) is 12.9 Å². The van der Waals surface area contributed by atoms with Crippen molar-refractivity contribution in [1.82, 2.24) is 4.98 Å². The van der Waals surface area contributed by atoms with Gasteiger partial charge in [0.05, 0.1) is 0 Å². The van der Waals surface area contributed by atoms with Crippen LogP contribution in [0.2, 0.25) is 0 Å². The Morgan fingerprint density at radius 2 is 2.17 bits per heavy atom. The third-order valence-electron chi connectivity index (χ3n) is 4.12. The summed E-state index contributed by atoms with van der Waals surface area (Å²) >= 11 is 5.01. The number of aryl methyl sites for hydroxylation is 1. The van der Waals surface area contributed by atoms with Gasteiger partial charge in [0.15, 0.2) is 10.9 Å². The highest BCUT2D eigenvalue weighted by atomic mass is 79.9. The monoisotopic (exact) mass is 393 g/mol. The van der Waals surface area contributed by atoms with Crippen molar-refractivity contribution < 1.29 is 9.13 Å². The van der Waals surface area contributed by atoms with E-state index >= 15 is 0 Å². The maximum Gasteiger partial charge on any atom is 0.256 e. The van der Waals surface area contributed by atoms with Crippen LogP contribution in [-0.2, 0) is 5.54 Å². The van der Waals surface area contributed by atoms with Crippen molar-refractivity contribution in [2.24, 2.45) is 10.7 Å². The van der Waals surface area contributed by atoms with Crippen molar-refractivity contribution in [3.05, 3.63) is 51.5 Å². The number of nitrogens with two attached hydrogens (primary N) is 1. The van der Waals surface area contributed by atoms with Crippen molar-refractivity contribution >= 4 is 32.9 Å². The molecule has 2 aliphatic heterocycles. The van der Waals surface area contributed by atoms with E-state index in [-0.39, 0.29) is 5.75 Å². The van der Waals surface area contributed by atoms with Crippen molar-refractivity contribution in [2.45, 2.75) is 18.9 Å². The molecule has 0 radical (unpaired) electrons. The average molecular weight is 394 g/mol. The minimum absolute atomic E-state index is 0.147. The number of pyridine rings is 1. The standard InChI is InChI=1S/C16H13BrFN3OS/c1-8-6-11-13(14(18)20-8)22-12-3-2-9(17)7-10(12)16(11)4-5-23-15(19)21-16/h2-3,6-7H,4-5H2,1H3,(H2,19,21)/t16-/m0/s1. The summed E-state index contributed by atoms with van der Waals surface area (Å²) in [6.45, 7) is 1.76. The Hall–Kier alpha value is -1.60. The van der Waals surface area contributed by atoms with Gasteiger partial charge in [0.25, 0.3) is 5.95 Å². The van der Waals surface area contributed by atoms with Crippen LogP contribution in [0.4, 0.5) is 4.39 Å². The van der Waals surface area contributed by atoms with Crippen LogP contribution in [0.5, 0.6) is 11.5 Å². The number of benzene rings is 1. The first-order valence-corrected chi connectivity index (χ1v) is 8.91. The van der Waals surface area contributed by atoms with Gasteiger partial charge in [-0.15, -0.1) is 0 Å². The molecule has 1 aromatic heterocycles. The Morgan fingerprint density at radius 3 is 2.96 bits per heavy atom. The van der Waals surface area contributed by atoms with Gasteiger partial charge in [0.2, 0.25) is 0 Å². The van der Waals surface area contributed by atoms with E-state index < -0.39 is 11.5 Å². The second-order valence-corrected chi connectivity index (χ2v) is 7.61. The highest BCUT2D eigenvalue weighted by Crippen LogP contribution is 2.53. The number of hydrogen-bond acceptors (Lipinski definition) is 5. The fraction of sp³-hybridized carbons (Fsp3) is 0.250. The van der Waals surface area contributed by atoms with Crippen molar-refractivity contribution in [1.29, 1.82) is 0 Å². The van der Waals surface area contributed by atoms with Crippen LogP contribution in [0.1, 0.15) is 23.2 Å². The van der Waals surface area contributed by atoms with Crippen LogP contribution in [0.3, 0.4) is 0 Å². The van der Waals surface area contributed by atoms with Gasteiger partial charge in [-0.05, 0) is 37.6 Å². The highest BCUT2D eigenvalue weighted by molar-refractivity contribution is 9.10. The van der Waals surface area contributed by atoms with Crippen molar-refractivity contribution in [3.63, 3.8) is 0 Å². The molecule has 0 saturated carbocycles. The molecule has 0 aliphatic carbocycles. The summed E-state index contributed by atoms with van der Waals surface area (Å²) in [4.78, 5) is 8.63. The van der Waals surface area contributed by atoms with E-state index in [2.05, 4.69) is 20.9 Å². The molecule has 0 unspecified atom stereocenters. The van der Waals surface area contributed by atoms with E-state index in [0.29, 0.717) is 22.2 Å².